The minimum Gasteiger partial charge on any atom is -0.322 e. The van der Waals surface area contributed by atoms with Crippen molar-refractivity contribution in [3.8, 4) is 6.07 Å². The summed E-state index contributed by atoms with van der Waals surface area (Å²) in [4.78, 5) is 11.9. The van der Waals surface area contributed by atoms with E-state index in [4.69, 9.17) is 5.26 Å². The van der Waals surface area contributed by atoms with Crippen LogP contribution in [0.25, 0.3) is 0 Å². The van der Waals surface area contributed by atoms with E-state index in [1.807, 2.05) is 0 Å². The van der Waals surface area contributed by atoms with Gasteiger partial charge < -0.3 is 5.32 Å². The van der Waals surface area contributed by atoms with Crippen LogP contribution in [0, 0.1) is 17.1 Å². The largest absolute Gasteiger partial charge is 0.417 e. The number of nitrogens with zero attached hydrogens (tertiary/aromatic N) is 3. The van der Waals surface area contributed by atoms with Crippen molar-refractivity contribution in [3.63, 3.8) is 0 Å². The highest BCUT2D eigenvalue weighted by Gasteiger charge is 2.34. The van der Waals surface area contributed by atoms with Gasteiger partial charge >= 0.3 is 6.18 Å². The van der Waals surface area contributed by atoms with Crippen LogP contribution in [-0.2, 0) is 17.5 Å². The zero-order valence-electron chi connectivity index (χ0n) is 12.1. The highest BCUT2D eigenvalue weighted by atomic mass is 19.4. The third-order valence-electron chi connectivity index (χ3n) is 2.98. The zero-order valence-corrected chi connectivity index (χ0v) is 12.1. The first-order chi connectivity index (χ1) is 11.2. The lowest BCUT2D eigenvalue weighted by Gasteiger charge is -2.12. The minimum absolute atomic E-state index is 0.0315. The zero-order chi connectivity index (χ0) is 17.9. The topological polar surface area (TPSA) is 70.7 Å². The molecule has 0 unspecified atom stereocenters. The van der Waals surface area contributed by atoms with Crippen molar-refractivity contribution >= 4 is 11.6 Å². The molecule has 1 aromatic heterocycles. The predicted octanol–water partition coefficient (Wildman–Crippen LogP) is 3.11. The van der Waals surface area contributed by atoms with Gasteiger partial charge in [0.05, 0.1) is 36.1 Å². The van der Waals surface area contributed by atoms with Gasteiger partial charge in [0, 0.05) is 11.3 Å². The number of hydrogen-bond acceptors (Lipinski definition) is 3. The molecule has 2 aromatic rings. The lowest BCUT2D eigenvalue weighted by Crippen LogP contribution is -2.18. The van der Waals surface area contributed by atoms with E-state index in [9.17, 15) is 22.4 Å². The van der Waals surface area contributed by atoms with Gasteiger partial charge in [-0.1, -0.05) is 6.58 Å². The summed E-state index contributed by atoms with van der Waals surface area (Å²) >= 11 is 0. The van der Waals surface area contributed by atoms with Crippen molar-refractivity contribution in [3.05, 3.63) is 59.7 Å². The second-order valence-electron chi connectivity index (χ2n) is 4.78. The number of rotatable bonds is 4. The van der Waals surface area contributed by atoms with E-state index in [0.717, 1.165) is 23.1 Å². The van der Waals surface area contributed by atoms with Gasteiger partial charge in [-0.3, -0.25) is 9.48 Å². The fourth-order valence-electron chi connectivity index (χ4n) is 1.87. The third kappa shape index (κ3) is 3.98. The van der Waals surface area contributed by atoms with Gasteiger partial charge in [-0.2, -0.15) is 23.5 Å². The molecule has 0 fully saturated rings. The van der Waals surface area contributed by atoms with Gasteiger partial charge in [0.25, 0.3) is 5.91 Å². The summed E-state index contributed by atoms with van der Waals surface area (Å²) in [5.41, 5.74) is -1.87. The molecule has 124 valence electrons. The van der Waals surface area contributed by atoms with E-state index >= 15 is 0 Å². The second-order valence-corrected chi connectivity index (χ2v) is 4.78. The Kier molecular flexibility index (Phi) is 4.69. The van der Waals surface area contributed by atoms with Crippen LogP contribution in [-0.4, -0.2) is 15.7 Å². The van der Waals surface area contributed by atoms with Gasteiger partial charge in [-0.25, -0.2) is 4.39 Å². The number of aromatic nitrogens is 2. The summed E-state index contributed by atoms with van der Waals surface area (Å²) in [6.45, 7) is 3.36. The maximum absolute atomic E-state index is 12.9. The molecule has 9 heteroatoms. The Hall–Kier alpha value is -3.15. The lowest BCUT2D eigenvalue weighted by molar-refractivity contribution is -0.137. The van der Waals surface area contributed by atoms with E-state index < -0.39 is 29.0 Å². The minimum atomic E-state index is -4.73. The monoisotopic (exact) mass is 338 g/mol. The highest BCUT2D eigenvalue weighted by molar-refractivity contribution is 6.03. The number of amides is 1. The van der Waals surface area contributed by atoms with Crippen molar-refractivity contribution in [2.45, 2.75) is 12.7 Å². The van der Waals surface area contributed by atoms with E-state index in [1.165, 1.54) is 12.1 Å². The van der Waals surface area contributed by atoms with Crippen LogP contribution in [0.15, 0.2) is 42.7 Å². The number of nitrogens with one attached hydrogen (secondary N) is 1. The predicted molar refractivity (Wildman–Crippen MR) is 76.1 cm³/mol. The van der Waals surface area contributed by atoms with Crippen LogP contribution in [0.5, 0.6) is 0 Å². The van der Waals surface area contributed by atoms with Crippen molar-refractivity contribution in [1.82, 2.24) is 9.78 Å². The quantitative estimate of drug-likeness (QED) is 0.688. The molecule has 0 aliphatic heterocycles. The molecule has 0 saturated heterocycles. The molecule has 1 aromatic carbocycles. The second kappa shape index (κ2) is 6.54. The molecule has 0 spiro atoms. The molecule has 1 amide bonds. The Morgan fingerprint density at radius 3 is 2.67 bits per heavy atom. The number of carbonyl (C=O) groups is 1. The molecule has 0 bridgehead atoms. The van der Waals surface area contributed by atoms with E-state index in [0.29, 0.717) is 6.07 Å². The average molecular weight is 338 g/mol. The van der Waals surface area contributed by atoms with Gasteiger partial charge in [0.1, 0.15) is 0 Å². The molecular weight excluding hydrogens is 328 g/mol. The van der Waals surface area contributed by atoms with Crippen molar-refractivity contribution < 1.29 is 22.4 Å². The summed E-state index contributed by atoms with van der Waals surface area (Å²) in [5.74, 6) is -1.34. The Bertz CT molecular complexity index is 833. The van der Waals surface area contributed by atoms with E-state index in [1.54, 1.807) is 0 Å². The first-order valence-corrected chi connectivity index (χ1v) is 6.49. The molecule has 0 aliphatic carbocycles. The Labute approximate surface area is 133 Å². The van der Waals surface area contributed by atoms with Crippen LogP contribution in [0.4, 0.5) is 23.2 Å². The Balaban J connectivity index is 2.14. The van der Waals surface area contributed by atoms with Gasteiger partial charge in [-0.15, -0.1) is 0 Å². The number of anilines is 1. The molecule has 1 N–H and O–H groups in total. The van der Waals surface area contributed by atoms with Crippen molar-refractivity contribution in [2.24, 2.45) is 0 Å². The Morgan fingerprint density at radius 2 is 2.12 bits per heavy atom. The van der Waals surface area contributed by atoms with Crippen LogP contribution in [0.2, 0.25) is 0 Å². The average Bonchev–Trinajstić information content (AvgIpc) is 2.91. The van der Waals surface area contributed by atoms with Crippen LogP contribution >= 0.6 is 0 Å². The lowest BCUT2D eigenvalue weighted by atomic mass is 10.1. The summed E-state index contributed by atoms with van der Waals surface area (Å²) in [5, 5.41) is 14.6. The first-order valence-electron chi connectivity index (χ1n) is 6.49. The van der Waals surface area contributed by atoms with E-state index in [2.05, 4.69) is 17.0 Å². The number of alkyl halides is 3. The maximum atomic E-state index is 12.9. The standard InChI is InChI=1S/C15H10F4N4O/c1-9(7-23-8-11(16)6-21-23)14(24)22-12-3-2-10(5-20)13(4-12)15(17,18)19/h2-4,6,8H,1,7H2,(H,22,24). The molecular formula is C15H10F4N4O. The van der Waals surface area contributed by atoms with Crippen LogP contribution in [0.1, 0.15) is 11.1 Å². The summed E-state index contributed by atoms with van der Waals surface area (Å²) in [6, 6.07) is 4.24. The van der Waals surface area contributed by atoms with Crippen LogP contribution < -0.4 is 5.32 Å². The maximum Gasteiger partial charge on any atom is 0.417 e. The number of carbonyl (C=O) groups excluding carboxylic acids is 1. The van der Waals surface area contributed by atoms with E-state index in [-0.39, 0.29) is 17.8 Å². The van der Waals surface area contributed by atoms with Gasteiger partial charge in [0.2, 0.25) is 0 Å². The molecule has 0 saturated carbocycles. The normalized spacial score (nSPS) is 11.0. The molecule has 0 atom stereocenters. The smallest absolute Gasteiger partial charge is 0.322 e. The first kappa shape index (κ1) is 17.2. The van der Waals surface area contributed by atoms with Crippen molar-refractivity contribution in [2.75, 3.05) is 5.32 Å². The SMILES string of the molecule is C=C(Cn1cc(F)cn1)C(=O)Nc1ccc(C#N)c(C(F)(F)F)c1. The number of hydrogen-bond donors (Lipinski definition) is 1. The molecule has 2 rings (SSSR count). The number of nitriles is 1. The molecule has 24 heavy (non-hydrogen) atoms. The number of halogens is 4. The highest BCUT2D eigenvalue weighted by Crippen LogP contribution is 2.33. The fourth-order valence-corrected chi connectivity index (χ4v) is 1.87. The van der Waals surface area contributed by atoms with Gasteiger partial charge in [0.15, 0.2) is 5.82 Å². The summed E-state index contributed by atoms with van der Waals surface area (Å²) in [6.07, 6.45) is -2.74. The van der Waals surface area contributed by atoms with Crippen molar-refractivity contribution in [1.29, 1.82) is 5.26 Å². The molecule has 5 nitrogen and oxygen atoms in total. The molecule has 1 heterocycles. The fraction of sp³-hybridized carbons (Fsp3) is 0.133. The number of benzene rings is 1. The Morgan fingerprint density at radius 1 is 1.42 bits per heavy atom. The van der Waals surface area contributed by atoms with Gasteiger partial charge in [-0.05, 0) is 18.2 Å². The molecule has 0 aliphatic rings. The summed E-state index contributed by atoms with van der Waals surface area (Å²) in [7, 11) is 0. The third-order valence-corrected chi connectivity index (χ3v) is 2.98. The summed E-state index contributed by atoms with van der Waals surface area (Å²) < 4.78 is 52.5. The molecule has 0 radical (unpaired) electrons. The van der Waals surface area contributed by atoms with Crippen LogP contribution in [0.3, 0.4) is 0 Å².